The van der Waals surface area contributed by atoms with Crippen LogP contribution in [0.4, 0.5) is 5.69 Å². The van der Waals surface area contributed by atoms with E-state index in [4.69, 9.17) is 14.7 Å². The third-order valence-corrected chi connectivity index (χ3v) is 6.18. The maximum Gasteiger partial charge on any atom is 0.255 e. The van der Waals surface area contributed by atoms with E-state index in [1.54, 1.807) is 18.2 Å². The zero-order valence-corrected chi connectivity index (χ0v) is 16.0. The summed E-state index contributed by atoms with van der Waals surface area (Å²) in [7, 11) is -2.29. The van der Waals surface area contributed by atoms with Crippen molar-refractivity contribution in [3.63, 3.8) is 0 Å². The Bertz CT molecular complexity index is 1020. The lowest BCUT2D eigenvalue weighted by molar-refractivity contribution is 0.0730. The Labute approximate surface area is 163 Å². The Balaban J connectivity index is 1.91. The van der Waals surface area contributed by atoms with Crippen LogP contribution < -0.4 is 10.1 Å². The number of carbonyl (C=O) groups excluding carboxylic acids is 1. The van der Waals surface area contributed by atoms with Gasteiger partial charge in [0.25, 0.3) is 5.91 Å². The number of sulfonamides is 1. The Morgan fingerprint density at radius 2 is 1.96 bits per heavy atom. The van der Waals surface area contributed by atoms with Crippen molar-refractivity contribution < 1.29 is 22.7 Å². The molecule has 1 N–H and O–H groups in total. The minimum absolute atomic E-state index is 0.0521. The first-order valence-electron chi connectivity index (χ1n) is 8.53. The van der Waals surface area contributed by atoms with E-state index in [2.05, 4.69) is 5.32 Å². The SMILES string of the molecule is COc1ccc(S(=O)(=O)N2CCOCC2)cc1NC(=O)c1cccc(C#N)c1. The Hall–Kier alpha value is -2.93. The molecule has 1 amide bonds. The summed E-state index contributed by atoms with van der Waals surface area (Å²) in [5.74, 6) is -0.151. The maximum atomic E-state index is 12.9. The summed E-state index contributed by atoms with van der Waals surface area (Å²) >= 11 is 0. The smallest absolute Gasteiger partial charge is 0.255 e. The van der Waals surface area contributed by atoms with E-state index in [0.717, 1.165) is 0 Å². The normalized spacial score (nSPS) is 14.9. The van der Waals surface area contributed by atoms with Crippen molar-refractivity contribution in [1.29, 1.82) is 5.26 Å². The summed E-state index contributed by atoms with van der Waals surface area (Å²) in [5, 5.41) is 11.6. The van der Waals surface area contributed by atoms with Gasteiger partial charge in [-0.15, -0.1) is 0 Å². The summed E-state index contributed by atoms with van der Waals surface area (Å²) < 4.78 is 37.5. The van der Waals surface area contributed by atoms with Gasteiger partial charge in [-0.05, 0) is 36.4 Å². The molecule has 3 rings (SSSR count). The molecular formula is C19H19N3O5S. The minimum atomic E-state index is -3.72. The minimum Gasteiger partial charge on any atom is -0.495 e. The first-order valence-corrected chi connectivity index (χ1v) is 9.97. The molecule has 0 aromatic heterocycles. The van der Waals surface area contributed by atoms with E-state index in [0.29, 0.717) is 24.5 Å². The first kappa shape index (κ1) is 19.8. The van der Waals surface area contributed by atoms with E-state index >= 15 is 0 Å². The van der Waals surface area contributed by atoms with Crippen LogP contribution in [0.2, 0.25) is 0 Å². The zero-order valence-electron chi connectivity index (χ0n) is 15.2. The number of hydrogen-bond donors (Lipinski definition) is 1. The highest BCUT2D eigenvalue weighted by atomic mass is 32.2. The van der Waals surface area contributed by atoms with Gasteiger partial charge in [0, 0.05) is 18.7 Å². The fourth-order valence-electron chi connectivity index (χ4n) is 2.81. The molecule has 2 aromatic rings. The van der Waals surface area contributed by atoms with Crippen molar-refractivity contribution in [3.8, 4) is 11.8 Å². The zero-order chi connectivity index (χ0) is 20.1. The molecule has 0 spiro atoms. The molecule has 0 unspecified atom stereocenters. The van der Waals surface area contributed by atoms with Crippen LogP contribution in [-0.2, 0) is 14.8 Å². The average Bonchev–Trinajstić information content (AvgIpc) is 2.74. The molecule has 1 saturated heterocycles. The van der Waals surface area contributed by atoms with E-state index in [1.165, 1.54) is 35.7 Å². The van der Waals surface area contributed by atoms with Gasteiger partial charge in [0.15, 0.2) is 0 Å². The molecule has 9 heteroatoms. The molecule has 0 aliphatic carbocycles. The standard InChI is InChI=1S/C19H19N3O5S/c1-26-18-6-5-16(28(24,25)22-7-9-27-10-8-22)12-17(18)21-19(23)15-4-2-3-14(11-15)13-20/h2-6,11-12H,7-10H2,1H3,(H,21,23). The number of nitriles is 1. The quantitative estimate of drug-likeness (QED) is 0.819. The predicted octanol–water partition coefficient (Wildman–Crippen LogP) is 1.84. The summed E-state index contributed by atoms with van der Waals surface area (Å²) in [6.45, 7) is 1.23. The molecule has 1 fully saturated rings. The lowest BCUT2D eigenvalue weighted by Gasteiger charge is -2.26. The monoisotopic (exact) mass is 401 g/mol. The van der Waals surface area contributed by atoms with Crippen LogP contribution in [0.3, 0.4) is 0 Å². The fourth-order valence-corrected chi connectivity index (χ4v) is 4.24. The second kappa shape index (κ2) is 8.39. The van der Waals surface area contributed by atoms with Gasteiger partial charge in [0.05, 0.1) is 42.5 Å². The number of nitrogens with zero attached hydrogens (tertiary/aromatic N) is 2. The van der Waals surface area contributed by atoms with Crippen LogP contribution in [-0.4, -0.2) is 52.0 Å². The molecule has 0 radical (unpaired) electrons. The van der Waals surface area contributed by atoms with Crippen LogP contribution in [0, 0.1) is 11.3 Å². The number of nitrogens with one attached hydrogen (secondary N) is 1. The van der Waals surface area contributed by atoms with Gasteiger partial charge in [-0.2, -0.15) is 9.57 Å². The Morgan fingerprint density at radius 1 is 1.21 bits per heavy atom. The van der Waals surface area contributed by atoms with Crippen molar-refractivity contribution >= 4 is 21.6 Å². The molecule has 146 valence electrons. The highest BCUT2D eigenvalue weighted by Crippen LogP contribution is 2.29. The third kappa shape index (κ3) is 4.14. The number of hydrogen-bond acceptors (Lipinski definition) is 6. The molecule has 8 nitrogen and oxygen atoms in total. The first-order chi connectivity index (χ1) is 13.5. The van der Waals surface area contributed by atoms with Crippen LogP contribution >= 0.6 is 0 Å². The van der Waals surface area contributed by atoms with Crippen molar-refractivity contribution in [3.05, 3.63) is 53.6 Å². The van der Waals surface area contributed by atoms with Gasteiger partial charge in [-0.3, -0.25) is 4.79 Å². The van der Waals surface area contributed by atoms with Gasteiger partial charge >= 0.3 is 0 Å². The van der Waals surface area contributed by atoms with Crippen molar-refractivity contribution in [2.75, 3.05) is 38.7 Å². The molecule has 0 bridgehead atoms. The number of morpholine rings is 1. The number of rotatable bonds is 5. The van der Waals surface area contributed by atoms with Crippen molar-refractivity contribution in [1.82, 2.24) is 4.31 Å². The molecule has 0 atom stereocenters. The lowest BCUT2D eigenvalue weighted by atomic mass is 10.1. The molecular weight excluding hydrogens is 382 g/mol. The largest absolute Gasteiger partial charge is 0.495 e. The third-order valence-electron chi connectivity index (χ3n) is 4.28. The van der Waals surface area contributed by atoms with Gasteiger partial charge in [0.1, 0.15) is 5.75 Å². The summed E-state index contributed by atoms with van der Waals surface area (Å²) in [6.07, 6.45) is 0. The summed E-state index contributed by atoms with van der Waals surface area (Å²) in [5.41, 5.74) is 0.856. The number of amides is 1. The molecule has 1 aliphatic heterocycles. The Kier molecular flexibility index (Phi) is 5.94. The van der Waals surface area contributed by atoms with Crippen LogP contribution in [0.5, 0.6) is 5.75 Å². The van der Waals surface area contributed by atoms with Crippen LogP contribution in [0.15, 0.2) is 47.4 Å². The van der Waals surface area contributed by atoms with E-state index in [9.17, 15) is 13.2 Å². The Morgan fingerprint density at radius 3 is 2.64 bits per heavy atom. The van der Waals surface area contributed by atoms with Crippen LogP contribution in [0.25, 0.3) is 0 Å². The topological polar surface area (TPSA) is 109 Å². The second-order valence-corrected chi connectivity index (χ2v) is 7.96. The van der Waals surface area contributed by atoms with Crippen molar-refractivity contribution in [2.24, 2.45) is 0 Å². The fraction of sp³-hybridized carbons (Fsp3) is 0.263. The average molecular weight is 401 g/mol. The highest BCUT2D eigenvalue weighted by molar-refractivity contribution is 7.89. The molecule has 1 aliphatic rings. The molecule has 28 heavy (non-hydrogen) atoms. The summed E-state index contributed by atoms with van der Waals surface area (Å²) in [4.78, 5) is 12.6. The number of carbonyl (C=O) groups is 1. The number of ether oxygens (including phenoxy) is 2. The van der Waals surface area contributed by atoms with Crippen molar-refractivity contribution in [2.45, 2.75) is 4.90 Å². The molecule has 0 saturated carbocycles. The second-order valence-electron chi connectivity index (χ2n) is 6.03. The lowest BCUT2D eigenvalue weighted by Crippen LogP contribution is -2.40. The summed E-state index contributed by atoms with van der Waals surface area (Å²) in [6, 6.07) is 12.5. The highest BCUT2D eigenvalue weighted by Gasteiger charge is 2.27. The predicted molar refractivity (Wildman–Crippen MR) is 102 cm³/mol. The van der Waals surface area contributed by atoms with Gasteiger partial charge in [-0.1, -0.05) is 6.07 Å². The maximum absolute atomic E-state index is 12.9. The van der Waals surface area contributed by atoms with E-state index in [1.807, 2.05) is 6.07 Å². The number of methoxy groups -OCH3 is 1. The molecule has 1 heterocycles. The molecule has 2 aromatic carbocycles. The van der Waals surface area contributed by atoms with Gasteiger partial charge < -0.3 is 14.8 Å². The van der Waals surface area contributed by atoms with E-state index in [-0.39, 0.29) is 29.2 Å². The number of anilines is 1. The number of benzene rings is 2. The van der Waals surface area contributed by atoms with Crippen LogP contribution in [0.1, 0.15) is 15.9 Å². The van der Waals surface area contributed by atoms with E-state index < -0.39 is 15.9 Å². The van der Waals surface area contributed by atoms with Gasteiger partial charge in [-0.25, -0.2) is 8.42 Å². The van der Waals surface area contributed by atoms with Gasteiger partial charge in [0.2, 0.25) is 10.0 Å².